The molecule has 2 aromatic rings. The normalized spacial score (nSPS) is 12.9. The maximum Gasteiger partial charge on any atom is 0.272 e. The Balaban J connectivity index is 2.06. The van der Waals surface area contributed by atoms with Crippen molar-refractivity contribution in [2.45, 2.75) is 38.2 Å². The second kappa shape index (κ2) is 11.0. The summed E-state index contributed by atoms with van der Waals surface area (Å²) < 4.78 is 11.8. The first kappa shape index (κ1) is 23.7. The van der Waals surface area contributed by atoms with E-state index in [1.165, 1.54) is 18.9 Å². The van der Waals surface area contributed by atoms with E-state index in [0.717, 1.165) is 20.0 Å². The number of nitrogens with zero attached hydrogens (tertiary/aromatic N) is 2. The molecule has 158 valence electrons. The van der Waals surface area contributed by atoms with Crippen molar-refractivity contribution < 1.29 is 19.1 Å². The van der Waals surface area contributed by atoms with E-state index < -0.39 is 11.0 Å². The van der Waals surface area contributed by atoms with Gasteiger partial charge >= 0.3 is 0 Å². The van der Waals surface area contributed by atoms with E-state index in [2.05, 4.69) is 38.0 Å². The standard InChI is InChI=1S/C20H26IN3O4S/c1-13-8-16(10-14-9-15(21)11-22-17(13)14)28-19(29-5)18(25)24-20(2,3)6-7-23-27-12-26-4/h7-11,19H,6,12H2,1-5H3,(H,24,25). The zero-order chi connectivity index (χ0) is 21.4. The molecule has 29 heavy (non-hydrogen) atoms. The second-order valence-corrected chi connectivity index (χ2v) is 9.20. The maximum absolute atomic E-state index is 12.8. The van der Waals surface area contributed by atoms with E-state index in [-0.39, 0.29) is 12.7 Å². The van der Waals surface area contributed by atoms with Crippen LogP contribution in [0.3, 0.4) is 0 Å². The molecule has 0 spiro atoms. The Bertz CT molecular complexity index is 876. The van der Waals surface area contributed by atoms with Crippen molar-refractivity contribution in [3.63, 3.8) is 0 Å². The summed E-state index contributed by atoms with van der Waals surface area (Å²) in [5.41, 5.74) is 0.748. The minimum absolute atomic E-state index is 0.0887. The van der Waals surface area contributed by atoms with Gasteiger partial charge in [-0.1, -0.05) is 5.16 Å². The molecule has 1 atom stereocenters. The lowest BCUT2D eigenvalue weighted by molar-refractivity contribution is -0.126. The van der Waals surface area contributed by atoms with Gasteiger partial charge in [0, 0.05) is 40.4 Å². The minimum atomic E-state index is -0.677. The molecule has 7 nitrogen and oxygen atoms in total. The topological polar surface area (TPSA) is 82.0 Å². The minimum Gasteiger partial charge on any atom is -0.470 e. The Morgan fingerprint density at radius 2 is 2.17 bits per heavy atom. The van der Waals surface area contributed by atoms with Gasteiger partial charge in [0.25, 0.3) is 5.91 Å². The van der Waals surface area contributed by atoms with Gasteiger partial charge in [-0.2, -0.15) is 0 Å². The van der Waals surface area contributed by atoms with Crippen LogP contribution in [0, 0.1) is 10.5 Å². The number of hydrogen-bond donors (Lipinski definition) is 1. The lowest BCUT2D eigenvalue weighted by Crippen LogP contribution is -2.48. The first-order valence-electron chi connectivity index (χ1n) is 8.96. The van der Waals surface area contributed by atoms with Crippen LogP contribution in [-0.2, 0) is 14.4 Å². The lowest BCUT2D eigenvalue weighted by atomic mass is 10.0. The highest BCUT2D eigenvalue weighted by Crippen LogP contribution is 2.27. The predicted octanol–water partition coefficient (Wildman–Crippen LogP) is 4.11. The van der Waals surface area contributed by atoms with Crippen LogP contribution in [0.1, 0.15) is 25.8 Å². The summed E-state index contributed by atoms with van der Waals surface area (Å²) in [6.07, 6.45) is 5.79. The van der Waals surface area contributed by atoms with Gasteiger partial charge < -0.3 is 19.6 Å². The molecule has 0 saturated carbocycles. The van der Waals surface area contributed by atoms with Crippen molar-refractivity contribution in [1.29, 1.82) is 0 Å². The molecule has 1 amide bonds. The van der Waals surface area contributed by atoms with Crippen molar-refractivity contribution >= 4 is 57.4 Å². The molecule has 0 aliphatic heterocycles. The van der Waals surface area contributed by atoms with Crippen molar-refractivity contribution in [3.8, 4) is 5.75 Å². The predicted molar refractivity (Wildman–Crippen MR) is 125 cm³/mol. The summed E-state index contributed by atoms with van der Waals surface area (Å²) >= 11 is 3.57. The Hall–Kier alpha value is -1.59. The first-order chi connectivity index (χ1) is 13.8. The third kappa shape index (κ3) is 7.31. The number of carbonyl (C=O) groups is 1. The van der Waals surface area contributed by atoms with Crippen molar-refractivity contribution in [2.24, 2.45) is 5.16 Å². The van der Waals surface area contributed by atoms with Crippen LogP contribution in [0.15, 0.2) is 29.6 Å². The van der Waals surface area contributed by atoms with Crippen molar-refractivity contribution in [1.82, 2.24) is 10.3 Å². The lowest BCUT2D eigenvalue weighted by Gasteiger charge is -2.27. The monoisotopic (exact) mass is 531 g/mol. The number of amides is 1. The van der Waals surface area contributed by atoms with E-state index in [0.29, 0.717) is 12.2 Å². The molecule has 1 heterocycles. The van der Waals surface area contributed by atoms with E-state index in [4.69, 9.17) is 14.3 Å². The molecule has 1 aromatic heterocycles. The van der Waals surface area contributed by atoms with Crippen LogP contribution in [-0.4, -0.2) is 48.2 Å². The first-order valence-corrected chi connectivity index (χ1v) is 11.3. The van der Waals surface area contributed by atoms with Gasteiger partial charge in [-0.15, -0.1) is 11.8 Å². The second-order valence-electron chi connectivity index (χ2n) is 7.05. The van der Waals surface area contributed by atoms with Crippen LogP contribution < -0.4 is 10.1 Å². The number of aromatic nitrogens is 1. The van der Waals surface area contributed by atoms with Gasteiger partial charge in [0.1, 0.15) is 5.75 Å². The number of thioether (sulfide) groups is 1. The molecule has 0 radical (unpaired) electrons. The van der Waals surface area contributed by atoms with E-state index in [9.17, 15) is 4.79 Å². The number of carbonyl (C=O) groups excluding carboxylic acids is 1. The van der Waals surface area contributed by atoms with Gasteiger partial charge in [0.15, 0.2) is 0 Å². The molecular formula is C20H26IN3O4S. The number of fused-ring (bicyclic) bond motifs is 1. The zero-order valence-corrected chi connectivity index (χ0v) is 20.2. The van der Waals surface area contributed by atoms with Gasteiger partial charge in [0.05, 0.1) is 5.52 Å². The third-order valence-electron chi connectivity index (χ3n) is 3.97. The van der Waals surface area contributed by atoms with E-state index >= 15 is 0 Å². The average molecular weight is 531 g/mol. The fourth-order valence-electron chi connectivity index (χ4n) is 2.62. The van der Waals surface area contributed by atoms with Crippen LogP contribution in [0.4, 0.5) is 0 Å². The van der Waals surface area contributed by atoms with Crippen molar-refractivity contribution in [3.05, 3.63) is 33.5 Å². The fraction of sp³-hybridized carbons (Fsp3) is 0.450. The summed E-state index contributed by atoms with van der Waals surface area (Å²) in [6.45, 7) is 5.90. The maximum atomic E-state index is 12.8. The number of ether oxygens (including phenoxy) is 2. The summed E-state index contributed by atoms with van der Waals surface area (Å²) in [5.74, 6) is 0.438. The number of benzene rings is 1. The van der Waals surface area contributed by atoms with Gasteiger partial charge in [-0.25, -0.2) is 0 Å². The molecule has 1 aromatic carbocycles. The summed E-state index contributed by atoms with van der Waals surface area (Å²) in [5, 5.41) is 7.78. The number of rotatable bonds is 10. The Morgan fingerprint density at radius 1 is 1.41 bits per heavy atom. The molecule has 0 saturated heterocycles. The Labute approximate surface area is 189 Å². The van der Waals surface area contributed by atoms with Crippen LogP contribution in [0.2, 0.25) is 0 Å². The summed E-state index contributed by atoms with van der Waals surface area (Å²) in [7, 11) is 1.52. The van der Waals surface area contributed by atoms with Crippen LogP contribution in [0.5, 0.6) is 5.75 Å². The number of pyridine rings is 1. The Kier molecular flexibility index (Phi) is 8.97. The third-order valence-corrected chi connectivity index (χ3v) is 5.30. The average Bonchev–Trinajstić information content (AvgIpc) is 2.65. The summed E-state index contributed by atoms with van der Waals surface area (Å²) in [4.78, 5) is 22.1. The van der Waals surface area contributed by atoms with Crippen LogP contribution >= 0.6 is 34.4 Å². The molecule has 0 aliphatic carbocycles. The Morgan fingerprint density at radius 3 is 2.86 bits per heavy atom. The van der Waals surface area contributed by atoms with Gasteiger partial charge in [0.2, 0.25) is 12.2 Å². The molecule has 1 N–H and O–H groups in total. The largest absolute Gasteiger partial charge is 0.470 e. The molecule has 1 unspecified atom stereocenters. The smallest absolute Gasteiger partial charge is 0.272 e. The zero-order valence-electron chi connectivity index (χ0n) is 17.2. The number of nitrogens with one attached hydrogen (secondary N) is 1. The number of halogens is 1. The highest BCUT2D eigenvalue weighted by atomic mass is 127. The number of hydrogen-bond acceptors (Lipinski definition) is 7. The quantitative estimate of drug-likeness (QED) is 0.164. The van der Waals surface area contributed by atoms with Gasteiger partial charge in [-0.05, 0) is 73.4 Å². The molecule has 0 bridgehead atoms. The van der Waals surface area contributed by atoms with Crippen molar-refractivity contribution in [2.75, 3.05) is 20.2 Å². The molecule has 9 heteroatoms. The van der Waals surface area contributed by atoms with E-state index in [1.54, 1.807) is 6.21 Å². The van der Waals surface area contributed by atoms with Crippen LogP contribution in [0.25, 0.3) is 10.9 Å². The molecule has 0 aliphatic rings. The highest BCUT2D eigenvalue weighted by Gasteiger charge is 2.26. The summed E-state index contributed by atoms with van der Waals surface area (Å²) in [6, 6.07) is 5.87. The molecule has 2 rings (SSSR count). The number of methoxy groups -OCH3 is 1. The van der Waals surface area contributed by atoms with Gasteiger partial charge in [-0.3, -0.25) is 9.78 Å². The van der Waals surface area contributed by atoms with E-state index in [1.807, 2.05) is 51.4 Å². The number of oxime groups is 1. The highest BCUT2D eigenvalue weighted by molar-refractivity contribution is 14.1. The molecule has 0 fully saturated rings. The fourth-order valence-corrected chi connectivity index (χ4v) is 3.57. The SMILES string of the molecule is COCON=CCC(C)(C)NC(=O)C(Oc1cc(C)c2ncc(I)cc2c1)SC. The number of aryl methyl sites for hydroxylation is 1. The molecular weight excluding hydrogens is 505 g/mol.